The normalized spacial score (nSPS) is 14.8. The van der Waals surface area contributed by atoms with Gasteiger partial charge in [0.2, 0.25) is 5.95 Å². The number of methoxy groups -OCH3 is 1. The second kappa shape index (κ2) is 9.18. The van der Waals surface area contributed by atoms with Gasteiger partial charge in [-0.1, -0.05) is 12.1 Å². The first-order valence-corrected chi connectivity index (χ1v) is 9.07. The summed E-state index contributed by atoms with van der Waals surface area (Å²) in [6, 6.07) is 9.01. The van der Waals surface area contributed by atoms with Crippen molar-refractivity contribution in [3.63, 3.8) is 0 Å². The van der Waals surface area contributed by atoms with Gasteiger partial charge in [-0.25, -0.2) is 14.8 Å². The largest absolute Gasteiger partial charge is 0.495 e. The Kier molecular flexibility index (Phi) is 6.43. The van der Waals surface area contributed by atoms with Crippen LogP contribution in [0.1, 0.15) is 6.42 Å². The van der Waals surface area contributed by atoms with Crippen molar-refractivity contribution < 1.29 is 14.6 Å². The second-order valence-electron chi connectivity index (χ2n) is 6.34. The molecule has 8 heteroatoms. The lowest BCUT2D eigenvalue weighted by molar-refractivity contribution is 0.200. The molecule has 1 saturated heterocycles. The lowest BCUT2D eigenvalue weighted by Gasteiger charge is -2.35. The highest BCUT2D eigenvalue weighted by molar-refractivity contribution is 5.88. The third kappa shape index (κ3) is 4.85. The molecule has 1 aromatic heterocycles. The third-order valence-electron chi connectivity index (χ3n) is 4.67. The summed E-state index contributed by atoms with van der Waals surface area (Å²) in [5.41, 5.74) is 0.582. The number of ether oxygens (including phenoxy) is 1. The van der Waals surface area contributed by atoms with E-state index in [4.69, 9.17) is 4.74 Å². The van der Waals surface area contributed by atoms with Crippen LogP contribution >= 0.6 is 0 Å². The van der Waals surface area contributed by atoms with E-state index in [0.717, 1.165) is 45.1 Å². The van der Waals surface area contributed by atoms with Crippen LogP contribution in [0.2, 0.25) is 0 Å². The summed E-state index contributed by atoms with van der Waals surface area (Å²) in [5, 5.41) is 9.58. The highest BCUT2D eigenvalue weighted by Crippen LogP contribution is 2.27. The van der Waals surface area contributed by atoms with Crippen molar-refractivity contribution in [3.05, 3.63) is 42.7 Å². The number of rotatable bonds is 7. The van der Waals surface area contributed by atoms with E-state index in [1.807, 2.05) is 18.2 Å². The fraction of sp³-hybridized carbons (Fsp3) is 0.421. The molecule has 0 aliphatic carbocycles. The van der Waals surface area contributed by atoms with Gasteiger partial charge in [-0.15, -0.1) is 0 Å². The smallest absolute Gasteiger partial charge is 0.411 e. The molecule has 2 aromatic rings. The third-order valence-corrected chi connectivity index (χ3v) is 4.67. The summed E-state index contributed by atoms with van der Waals surface area (Å²) in [4.78, 5) is 26.2. The second-order valence-corrected chi connectivity index (χ2v) is 6.34. The van der Waals surface area contributed by atoms with Gasteiger partial charge in [0.15, 0.2) is 0 Å². The monoisotopic (exact) mass is 371 g/mol. The number of carboxylic acid groups (broad SMARTS) is 1. The molecule has 1 aromatic carbocycles. The van der Waals surface area contributed by atoms with Crippen molar-refractivity contribution in [1.82, 2.24) is 14.9 Å². The number of aromatic nitrogens is 2. The number of anilines is 2. The SMILES string of the molecule is COc1ccccc1N(CCCN1CCN(c2ncccn2)CC1)C(=O)O. The molecule has 0 saturated carbocycles. The Morgan fingerprint density at radius 1 is 1.15 bits per heavy atom. The molecule has 1 aliphatic rings. The Hall–Kier alpha value is -2.87. The Morgan fingerprint density at radius 3 is 2.52 bits per heavy atom. The van der Waals surface area contributed by atoms with Gasteiger partial charge in [0.25, 0.3) is 0 Å². The summed E-state index contributed by atoms with van der Waals surface area (Å²) in [6.07, 6.45) is 3.30. The Labute approximate surface area is 159 Å². The lowest BCUT2D eigenvalue weighted by Crippen LogP contribution is -2.47. The van der Waals surface area contributed by atoms with Crippen LogP contribution in [0.25, 0.3) is 0 Å². The summed E-state index contributed by atoms with van der Waals surface area (Å²) in [6.45, 7) is 4.86. The van der Waals surface area contributed by atoms with E-state index >= 15 is 0 Å². The predicted molar refractivity (Wildman–Crippen MR) is 104 cm³/mol. The van der Waals surface area contributed by atoms with Gasteiger partial charge in [-0.05, 0) is 31.2 Å². The first-order valence-electron chi connectivity index (χ1n) is 9.07. The van der Waals surface area contributed by atoms with E-state index in [1.54, 1.807) is 31.6 Å². The van der Waals surface area contributed by atoms with Crippen molar-refractivity contribution in [2.75, 3.05) is 56.2 Å². The molecule has 27 heavy (non-hydrogen) atoms. The first-order chi connectivity index (χ1) is 13.2. The fourth-order valence-corrected chi connectivity index (χ4v) is 3.25. The van der Waals surface area contributed by atoms with Crippen LogP contribution in [0.15, 0.2) is 42.7 Å². The van der Waals surface area contributed by atoms with Gasteiger partial charge in [-0.3, -0.25) is 9.80 Å². The van der Waals surface area contributed by atoms with E-state index in [-0.39, 0.29) is 0 Å². The van der Waals surface area contributed by atoms with Gasteiger partial charge in [-0.2, -0.15) is 0 Å². The summed E-state index contributed by atoms with van der Waals surface area (Å²) < 4.78 is 5.29. The number of para-hydroxylation sites is 2. The molecule has 1 aliphatic heterocycles. The molecular weight excluding hydrogens is 346 g/mol. The predicted octanol–water partition coefficient (Wildman–Crippen LogP) is 2.18. The average Bonchev–Trinajstić information content (AvgIpc) is 2.72. The molecule has 8 nitrogen and oxygen atoms in total. The minimum Gasteiger partial charge on any atom is -0.495 e. The van der Waals surface area contributed by atoms with Crippen molar-refractivity contribution in [2.45, 2.75) is 6.42 Å². The molecule has 2 heterocycles. The van der Waals surface area contributed by atoms with Crippen molar-refractivity contribution in [1.29, 1.82) is 0 Å². The summed E-state index contributed by atoms with van der Waals surface area (Å²) in [5.74, 6) is 1.33. The maximum atomic E-state index is 11.7. The highest BCUT2D eigenvalue weighted by atomic mass is 16.5. The molecule has 144 valence electrons. The topological polar surface area (TPSA) is 82.0 Å². The minimum absolute atomic E-state index is 0.428. The summed E-state index contributed by atoms with van der Waals surface area (Å²) >= 11 is 0. The van der Waals surface area contributed by atoms with Crippen LogP contribution in [0.4, 0.5) is 16.4 Å². The maximum absolute atomic E-state index is 11.7. The molecule has 1 fully saturated rings. The van der Waals surface area contributed by atoms with Crippen LogP contribution in [0.3, 0.4) is 0 Å². The number of hydrogen-bond acceptors (Lipinski definition) is 6. The molecule has 3 rings (SSSR count). The standard InChI is InChI=1S/C19H25N5O3/c1-27-17-7-3-2-6-16(17)24(19(25)26)11-5-10-22-12-14-23(15-13-22)18-20-8-4-9-21-18/h2-4,6-9H,5,10-15H2,1H3,(H,25,26). The Balaban J connectivity index is 1.49. The number of benzene rings is 1. The zero-order chi connectivity index (χ0) is 19.1. The van der Waals surface area contributed by atoms with E-state index in [9.17, 15) is 9.90 Å². The lowest BCUT2D eigenvalue weighted by atomic mass is 10.2. The average molecular weight is 371 g/mol. The van der Waals surface area contributed by atoms with E-state index in [2.05, 4.69) is 19.8 Å². The highest BCUT2D eigenvalue weighted by Gasteiger charge is 2.21. The molecular formula is C19H25N5O3. The number of amides is 1. The van der Waals surface area contributed by atoms with Gasteiger partial charge in [0.05, 0.1) is 12.8 Å². The van der Waals surface area contributed by atoms with E-state index in [0.29, 0.717) is 18.0 Å². The molecule has 0 bridgehead atoms. The zero-order valence-electron chi connectivity index (χ0n) is 15.5. The number of piperazine rings is 1. The van der Waals surface area contributed by atoms with Crippen molar-refractivity contribution in [3.8, 4) is 5.75 Å². The fourth-order valence-electron chi connectivity index (χ4n) is 3.25. The minimum atomic E-state index is -0.967. The van der Waals surface area contributed by atoms with Crippen LogP contribution in [-0.4, -0.2) is 72.4 Å². The number of nitrogens with zero attached hydrogens (tertiary/aromatic N) is 5. The van der Waals surface area contributed by atoms with Crippen LogP contribution in [0.5, 0.6) is 5.75 Å². The maximum Gasteiger partial charge on any atom is 0.411 e. The quantitative estimate of drug-likeness (QED) is 0.799. The number of carbonyl (C=O) groups is 1. The van der Waals surface area contributed by atoms with Crippen LogP contribution in [-0.2, 0) is 0 Å². The Bertz CT molecular complexity index is 735. The van der Waals surface area contributed by atoms with Gasteiger partial charge >= 0.3 is 6.09 Å². The van der Waals surface area contributed by atoms with Gasteiger partial charge in [0, 0.05) is 45.1 Å². The van der Waals surface area contributed by atoms with Crippen LogP contribution in [0, 0.1) is 0 Å². The molecule has 0 atom stereocenters. The molecule has 0 spiro atoms. The molecule has 1 amide bonds. The van der Waals surface area contributed by atoms with E-state index in [1.165, 1.54) is 4.90 Å². The molecule has 1 N–H and O–H groups in total. The number of hydrogen-bond donors (Lipinski definition) is 1. The first kappa shape index (κ1) is 18.9. The van der Waals surface area contributed by atoms with Crippen molar-refractivity contribution >= 4 is 17.7 Å². The Morgan fingerprint density at radius 2 is 1.85 bits per heavy atom. The molecule has 0 radical (unpaired) electrons. The zero-order valence-corrected chi connectivity index (χ0v) is 15.5. The van der Waals surface area contributed by atoms with Gasteiger partial charge in [0.1, 0.15) is 5.75 Å². The van der Waals surface area contributed by atoms with Crippen molar-refractivity contribution in [2.24, 2.45) is 0 Å². The van der Waals surface area contributed by atoms with Gasteiger partial charge < -0.3 is 14.7 Å². The van der Waals surface area contributed by atoms with Crippen LogP contribution < -0.4 is 14.5 Å². The summed E-state index contributed by atoms with van der Waals surface area (Å²) in [7, 11) is 1.55. The molecule has 0 unspecified atom stereocenters. The van der Waals surface area contributed by atoms with E-state index < -0.39 is 6.09 Å².